The topological polar surface area (TPSA) is 37.4 Å². The first kappa shape index (κ1) is 18.8. The number of hydrogen-bond acceptors (Lipinski definition) is 2. The molecule has 1 fully saturated rings. The summed E-state index contributed by atoms with van der Waals surface area (Å²) in [7, 11) is 0. The minimum atomic E-state index is -0.487. The van der Waals surface area contributed by atoms with Gasteiger partial charge in [-0.05, 0) is 40.1 Å². The number of benzene rings is 4. The van der Waals surface area contributed by atoms with Gasteiger partial charge in [-0.15, -0.1) is 0 Å². The first-order chi connectivity index (χ1) is 16.2. The predicted octanol–water partition coefficient (Wildman–Crippen LogP) is 5.80. The van der Waals surface area contributed by atoms with Crippen molar-refractivity contribution in [2.45, 2.75) is 24.7 Å². The zero-order valence-corrected chi connectivity index (χ0v) is 18.4. The maximum Gasteiger partial charge on any atom is 0.238 e. The van der Waals surface area contributed by atoms with Crippen molar-refractivity contribution in [3.8, 4) is 0 Å². The molecule has 1 saturated heterocycles. The minimum absolute atomic E-state index is 0.0581. The third-order valence-electron chi connectivity index (χ3n) is 8.36. The van der Waals surface area contributed by atoms with Crippen LogP contribution < -0.4 is 4.90 Å². The van der Waals surface area contributed by atoms with E-state index >= 15 is 0 Å². The normalized spacial score (nSPS) is 26.9. The van der Waals surface area contributed by atoms with Crippen LogP contribution in [0.15, 0.2) is 91.0 Å². The van der Waals surface area contributed by atoms with E-state index in [1.54, 1.807) is 0 Å². The number of fused-ring (bicyclic) bond motifs is 1. The summed E-state index contributed by atoms with van der Waals surface area (Å²) in [4.78, 5) is 29.9. The van der Waals surface area contributed by atoms with Gasteiger partial charge >= 0.3 is 0 Å². The molecule has 33 heavy (non-hydrogen) atoms. The average Bonchev–Trinajstić information content (AvgIpc) is 3.14. The average molecular weight is 430 g/mol. The Bertz CT molecular complexity index is 1430. The molecule has 8 rings (SSSR count). The molecule has 160 valence electrons. The highest BCUT2D eigenvalue weighted by Crippen LogP contribution is 2.65. The van der Waals surface area contributed by atoms with Gasteiger partial charge in [-0.3, -0.25) is 9.59 Å². The summed E-state index contributed by atoms with van der Waals surface area (Å²) in [5, 5.41) is 1.97. The van der Waals surface area contributed by atoms with E-state index < -0.39 is 5.41 Å². The molecule has 0 radical (unpaired) electrons. The van der Waals surface area contributed by atoms with Crippen molar-refractivity contribution < 1.29 is 9.59 Å². The molecule has 2 bridgehead atoms. The molecule has 3 heteroatoms. The molecular formula is C30H23NO2. The van der Waals surface area contributed by atoms with Crippen LogP contribution in [0.25, 0.3) is 10.8 Å². The van der Waals surface area contributed by atoms with Gasteiger partial charge in [-0.1, -0.05) is 91.9 Å². The lowest BCUT2D eigenvalue weighted by molar-refractivity contribution is -0.123. The first-order valence-electron chi connectivity index (χ1n) is 11.7. The Hall–Kier alpha value is -3.72. The molecule has 3 nitrogen and oxygen atoms in total. The quantitative estimate of drug-likeness (QED) is 0.378. The van der Waals surface area contributed by atoms with Gasteiger partial charge in [0.1, 0.15) is 0 Å². The summed E-state index contributed by atoms with van der Waals surface area (Å²) in [6.07, 6.45) is 0.775. The summed E-state index contributed by atoms with van der Waals surface area (Å²) >= 11 is 0. The molecule has 0 aromatic heterocycles. The second-order valence-electron chi connectivity index (χ2n) is 9.49. The lowest BCUT2D eigenvalue weighted by atomic mass is 9.46. The van der Waals surface area contributed by atoms with Gasteiger partial charge in [0, 0.05) is 16.7 Å². The molecule has 0 saturated carbocycles. The fourth-order valence-corrected chi connectivity index (χ4v) is 7.17. The Morgan fingerprint density at radius 2 is 1.33 bits per heavy atom. The van der Waals surface area contributed by atoms with Crippen LogP contribution in [0.4, 0.5) is 5.69 Å². The van der Waals surface area contributed by atoms with Crippen LogP contribution in [0, 0.1) is 11.8 Å². The van der Waals surface area contributed by atoms with E-state index in [1.165, 1.54) is 27.2 Å². The second-order valence-corrected chi connectivity index (χ2v) is 9.49. The fourth-order valence-electron chi connectivity index (χ4n) is 7.17. The number of hydrogen-bond donors (Lipinski definition) is 0. The van der Waals surface area contributed by atoms with E-state index in [0.717, 1.165) is 17.2 Å². The minimum Gasteiger partial charge on any atom is -0.274 e. The van der Waals surface area contributed by atoms with Crippen LogP contribution >= 0.6 is 0 Å². The molecular weight excluding hydrogens is 406 g/mol. The largest absolute Gasteiger partial charge is 0.274 e. The van der Waals surface area contributed by atoms with Crippen molar-refractivity contribution in [1.82, 2.24) is 0 Å². The molecule has 0 spiro atoms. The SMILES string of the molecule is CCC12c3ccccc3C(c3ccccc31)[C@@H]1C(=O)N(c3cccc4ccccc34)C(=O)[C@H]12. The summed E-state index contributed by atoms with van der Waals surface area (Å²) in [6.45, 7) is 2.16. The molecule has 2 atom stereocenters. The van der Waals surface area contributed by atoms with Crippen LogP contribution in [-0.4, -0.2) is 11.8 Å². The maximum atomic E-state index is 14.3. The summed E-state index contributed by atoms with van der Waals surface area (Å²) < 4.78 is 0. The molecule has 2 amide bonds. The zero-order valence-electron chi connectivity index (χ0n) is 18.4. The van der Waals surface area contributed by atoms with Crippen molar-refractivity contribution >= 4 is 28.3 Å². The van der Waals surface area contributed by atoms with E-state index in [4.69, 9.17) is 0 Å². The number of carbonyl (C=O) groups is 2. The van der Waals surface area contributed by atoms with Crippen LogP contribution in [0.3, 0.4) is 0 Å². The summed E-state index contributed by atoms with van der Waals surface area (Å²) in [5.41, 5.74) is 5.08. The van der Waals surface area contributed by atoms with Crippen LogP contribution in [0.5, 0.6) is 0 Å². The Labute approximate surface area is 192 Å². The summed E-state index contributed by atoms with van der Waals surface area (Å²) in [5.74, 6) is -0.970. The molecule has 0 unspecified atom stereocenters. The van der Waals surface area contributed by atoms with E-state index in [0.29, 0.717) is 5.69 Å². The van der Waals surface area contributed by atoms with Crippen LogP contribution in [-0.2, 0) is 15.0 Å². The molecule has 1 heterocycles. The Morgan fingerprint density at radius 3 is 2.03 bits per heavy atom. The smallest absolute Gasteiger partial charge is 0.238 e. The van der Waals surface area contributed by atoms with E-state index in [2.05, 4.69) is 55.5 Å². The number of anilines is 1. The maximum absolute atomic E-state index is 14.3. The molecule has 1 aliphatic heterocycles. The molecule has 4 aromatic rings. The van der Waals surface area contributed by atoms with Gasteiger partial charge in [0.05, 0.1) is 17.5 Å². The highest BCUT2D eigenvalue weighted by atomic mass is 16.2. The van der Waals surface area contributed by atoms with Crippen molar-refractivity contribution in [1.29, 1.82) is 0 Å². The van der Waals surface area contributed by atoms with Gasteiger partial charge in [-0.2, -0.15) is 0 Å². The Kier molecular flexibility index (Phi) is 3.66. The van der Waals surface area contributed by atoms with Crippen molar-refractivity contribution in [2.75, 3.05) is 4.90 Å². The summed E-state index contributed by atoms with van der Waals surface area (Å²) in [6, 6.07) is 30.8. The third-order valence-corrected chi connectivity index (χ3v) is 8.36. The second kappa shape index (κ2) is 6.41. The molecule has 4 aliphatic rings. The van der Waals surface area contributed by atoms with Crippen molar-refractivity contribution in [2.24, 2.45) is 11.8 Å². The van der Waals surface area contributed by atoms with Crippen LogP contribution in [0.2, 0.25) is 0 Å². The lowest BCUT2D eigenvalue weighted by Gasteiger charge is -2.54. The van der Waals surface area contributed by atoms with Gasteiger partial charge in [0.2, 0.25) is 11.8 Å². The fraction of sp³-hybridized carbons (Fsp3) is 0.200. The number of amides is 2. The molecule has 4 aromatic carbocycles. The Morgan fingerprint density at radius 1 is 0.727 bits per heavy atom. The highest BCUT2D eigenvalue weighted by Gasteiger charge is 2.67. The first-order valence-corrected chi connectivity index (χ1v) is 11.7. The highest BCUT2D eigenvalue weighted by molar-refractivity contribution is 6.26. The van der Waals surface area contributed by atoms with Crippen LogP contribution in [0.1, 0.15) is 41.5 Å². The van der Waals surface area contributed by atoms with E-state index in [9.17, 15) is 9.59 Å². The van der Waals surface area contributed by atoms with E-state index in [1.807, 2.05) is 42.5 Å². The lowest BCUT2D eigenvalue weighted by Crippen LogP contribution is -2.53. The molecule has 0 N–H and O–H groups in total. The monoisotopic (exact) mass is 429 g/mol. The number of nitrogens with zero attached hydrogens (tertiary/aromatic N) is 1. The van der Waals surface area contributed by atoms with Gasteiger partial charge in [-0.25, -0.2) is 4.90 Å². The number of carbonyl (C=O) groups excluding carboxylic acids is 2. The van der Waals surface area contributed by atoms with Crippen molar-refractivity contribution in [3.05, 3.63) is 113 Å². The number of imide groups is 1. The third kappa shape index (κ3) is 2.11. The van der Waals surface area contributed by atoms with Crippen molar-refractivity contribution in [3.63, 3.8) is 0 Å². The van der Waals surface area contributed by atoms with Gasteiger partial charge in [0.15, 0.2) is 0 Å². The van der Waals surface area contributed by atoms with E-state index in [-0.39, 0.29) is 29.6 Å². The number of rotatable bonds is 2. The van der Waals surface area contributed by atoms with Gasteiger partial charge < -0.3 is 0 Å². The Balaban J connectivity index is 1.52. The predicted molar refractivity (Wildman–Crippen MR) is 129 cm³/mol. The molecule has 3 aliphatic carbocycles. The van der Waals surface area contributed by atoms with Gasteiger partial charge in [0.25, 0.3) is 0 Å². The standard InChI is InChI=1S/C30H23NO2/c1-2-30-22-15-7-5-13-20(22)25(21-14-6-8-16-23(21)30)26-27(30)29(33)31(28(26)32)24-17-9-11-18-10-3-4-12-19(18)24/h3-17,25-27H,2H2,1H3/t25?,26-,27-,30?/m0/s1. The zero-order chi connectivity index (χ0) is 22.3.